The van der Waals surface area contributed by atoms with E-state index < -0.39 is 21.8 Å². The summed E-state index contributed by atoms with van der Waals surface area (Å²) < 4.78 is 27.2. The maximum atomic E-state index is 12.9. The summed E-state index contributed by atoms with van der Waals surface area (Å²) in [4.78, 5) is 24.6. The highest BCUT2D eigenvalue weighted by molar-refractivity contribution is 7.89. The molecule has 29 heavy (non-hydrogen) atoms. The standard InChI is InChI=1S/C21H25N3O4S/c1-15-7-3-4-9-19(15)21(26)23-22-20(25)17-10-12-18(13-11-17)29(27,28)24-14-6-5-8-16(24)2/h3-4,7,9-13,16H,5-6,8,14H2,1-2H3,(H,22,25)(H,23,26)/t16-/m1/s1. The van der Waals surface area contributed by atoms with Gasteiger partial charge in [-0.2, -0.15) is 4.31 Å². The van der Waals surface area contributed by atoms with Crippen molar-refractivity contribution in [3.8, 4) is 0 Å². The maximum absolute atomic E-state index is 12.9. The van der Waals surface area contributed by atoms with Crippen molar-refractivity contribution in [1.29, 1.82) is 0 Å². The van der Waals surface area contributed by atoms with E-state index >= 15 is 0 Å². The van der Waals surface area contributed by atoms with Crippen molar-refractivity contribution in [1.82, 2.24) is 15.2 Å². The molecule has 8 heteroatoms. The Balaban J connectivity index is 1.66. The second kappa shape index (κ2) is 8.75. The molecule has 0 aromatic heterocycles. The molecule has 1 atom stereocenters. The molecule has 2 aromatic rings. The number of nitrogens with zero attached hydrogens (tertiary/aromatic N) is 1. The highest BCUT2D eigenvalue weighted by atomic mass is 32.2. The zero-order valence-electron chi connectivity index (χ0n) is 16.5. The molecule has 0 aliphatic carbocycles. The van der Waals surface area contributed by atoms with Gasteiger partial charge < -0.3 is 0 Å². The number of amides is 2. The van der Waals surface area contributed by atoms with Crippen LogP contribution in [-0.4, -0.2) is 37.1 Å². The lowest BCUT2D eigenvalue weighted by molar-refractivity contribution is 0.0846. The first-order valence-corrected chi connectivity index (χ1v) is 11.0. The van der Waals surface area contributed by atoms with Gasteiger partial charge in [0.25, 0.3) is 11.8 Å². The zero-order valence-corrected chi connectivity index (χ0v) is 17.3. The van der Waals surface area contributed by atoms with Crippen molar-refractivity contribution in [3.05, 3.63) is 65.2 Å². The van der Waals surface area contributed by atoms with E-state index in [0.717, 1.165) is 24.8 Å². The molecule has 0 bridgehead atoms. The summed E-state index contributed by atoms with van der Waals surface area (Å²) in [5, 5.41) is 0. The number of nitrogens with one attached hydrogen (secondary N) is 2. The summed E-state index contributed by atoms with van der Waals surface area (Å²) in [5.41, 5.74) is 6.24. The molecular weight excluding hydrogens is 390 g/mol. The number of rotatable bonds is 4. The average Bonchev–Trinajstić information content (AvgIpc) is 2.72. The molecule has 7 nitrogen and oxygen atoms in total. The first-order valence-electron chi connectivity index (χ1n) is 9.59. The largest absolute Gasteiger partial charge is 0.269 e. The summed E-state index contributed by atoms with van der Waals surface area (Å²) >= 11 is 0. The smallest absolute Gasteiger partial charge is 0.267 e. The first-order chi connectivity index (χ1) is 13.8. The van der Waals surface area contributed by atoms with Crippen LogP contribution in [0.15, 0.2) is 53.4 Å². The Labute approximate surface area is 171 Å². The third kappa shape index (κ3) is 4.65. The molecule has 2 amide bonds. The average molecular weight is 416 g/mol. The van der Waals surface area contributed by atoms with Crippen molar-refractivity contribution in [2.24, 2.45) is 0 Å². The number of sulfonamides is 1. The monoisotopic (exact) mass is 415 g/mol. The number of aryl methyl sites for hydroxylation is 1. The Hall–Kier alpha value is -2.71. The second-order valence-electron chi connectivity index (χ2n) is 7.21. The van der Waals surface area contributed by atoms with Crippen LogP contribution in [0.1, 0.15) is 52.5 Å². The fraction of sp³-hybridized carbons (Fsp3) is 0.333. The molecular formula is C21H25N3O4S. The van der Waals surface area contributed by atoms with Gasteiger partial charge in [-0.15, -0.1) is 0 Å². The lowest BCUT2D eigenvalue weighted by atomic mass is 10.1. The minimum absolute atomic E-state index is 0.0339. The SMILES string of the molecule is Cc1ccccc1C(=O)NNC(=O)c1ccc(S(=O)(=O)N2CCCC[C@H]2C)cc1. The minimum atomic E-state index is -3.59. The number of hydrogen-bond acceptors (Lipinski definition) is 4. The van der Waals surface area contributed by atoms with Crippen LogP contribution in [0.4, 0.5) is 0 Å². The van der Waals surface area contributed by atoms with Gasteiger partial charge in [0.15, 0.2) is 0 Å². The third-order valence-corrected chi connectivity index (χ3v) is 7.17. The van der Waals surface area contributed by atoms with Crippen LogP contribution in [0, 0.1) is 6.92 Å². The Kier molecular flexibility index (Phi) is 6.34. The number of benzene rings is 2. The summed E-state index contributed by atoms with van der Waals surface area (Å²) in [6, 6.07) is 12.7. The van der Waals surface area contributed by atoms with Crippen molar-refractivity contribution in [3.63, 3.8) is 0 Å². The zero-order chi connectivity index (χ0) is 21.0. The fourth-order valence-corrected chi connectivity index (χ4v) is 5.12. The van der Waals surface area contributed by atoms with Crippen molar-refractivity contribution < 1.29 is 18.0 Å². The first kappa shape index (κ1) is 21.0. The Morgan fingerprint density at radius 1 is 0.966 bits per heavy atom. The fourth-order valence-electron chi connectivity index (χ4n) is 3.42. The normalized spacial score (nSPS) is 17.5. The van der Waals surface area contributed by atoms with E-state index in [1.54, 1.807) is 25.1 Å². The van der Waals surface area contributed by atoms with Gasteiger partial charge in [-0.1, -0.05) is 24.6 Å². The van der Waals surface area contributed by atoms with E-state index in [9.17, 15) is 18.0 Å². The van der Waals surface area contributed by atoms with Gasteiger partial charge in [-0.25, -0.2) is 8.42 Å². The summed E-state index contributed by atoms with van der Waals surface area (Å²) in [7, 11) is -3.59. The summed E-state index contributed by atoms with van der Waals surface area (Å²) in [6.07, 6.45) is 2.73. The molecule has 0 saturated carbocycles. The van der Waals surface area contributed by atoms with Crippen LogP contribution in [0.25, 0.3) is 0 Å². The molecule has 1 heterocycles. The van der Waals surface area contributed by atoms with Crippen molar-refractivity contribution in [2.45, 2.75) is 44.0 Å². The predicted octanol–water partition coefficient (Wildman–Crippen LogP) is 2.63. The topological polar surface area (TPSA) is 95.6 Å². The van der Waals surface area contributed by atoms with E-state index in [1.165, 1.54) is 28.6 Å². The maximum Gasteiger partial charge on any atom is 0.269 e. The number of hydrazine groups is 1. The minimum Gasteiger partial charge on any atom is -0.267 e. The van der Waals surface area contributed by atoms with Gasteiger partial charge in [-0.05, 0) is 62.6 Å². The number of hydrogen-bond donors (Lipinski definition) is 2. The molecule has 1 aliphatic rings. The lowest BCUT2D eigenvalue weighted by Crippen LogP contribution is -2.42. The van der Waals surface area contributed by atoms with Gasteiger partial charge in [-0.3, -0.25) is 20.4 Å². The molecule has 2 N–H and O–H groups in total. The van der Waals surface area contributed by atoms with Gasteiger partial charge >= 0.3 is 0 Å². The van der Waals surface area contributed by atoms with Gasteiger partial charge in [0.1, 0.15) is 0 Å². The van der Waals surface area contributed by atoms with Crippen molar-refractivity contribution >= 4 is 21.8 Å². The highest BCUT2D eigenvalue weighted by Gasteiger charge is 2.30. The summed E-state index contributed by atoms with van der Waals surface area (Å²) in [5.74, 6) is -0.947. The molecule has 154 valence electrons. The van der Waals surface area contributed by atoms with Gasteiger partial charge in [0, 0.05) is 23.7 Å². The number of carbonyl (C=O) groups excluding carboxylic acids is 2. The summed E-state index contributed by atoms with van der Waals surface area (Å²) in [6.45, 7) is 4.23. The predicted molar refractivity (Wildman–Crippen MR) is 110 cm³/mol. The second-order valence-corrected chi connectivity index (χ2v) is 9.10. The van der Waals surface area contributed by atoms with Crippen LogP contribution < -0.4 is 10.9 Å². The van der Waals surface area contributed by atoms with Crippen LogP contribution >= 0.6 is 0 Å². The Morgan fingerprint density at radius 3 is 2.28 bits per heavy atom. The van der Waals surface area contributed by atoms with E-state index in [1.807, 2.05) is 13.0 Å². The quantitative estimate of drug-likeness (QED) is 0.751. The molecule has 1 aliphatic heterocycles. The number of carbonyl (C=O) groups is 2. The number of piperidine rings is 1. The van der Waals surface area contributed by atoms with E-state index in [-0.39, 0.29) is 16.5 Å². The Bertz CT molecular complexity index is 1000. The lowest BCUT2D eigenvalue weighted by Gasteiger charge is -2.32. The highest BCUT2D eigenvalue weighted by Crippen LogP contribution is 2.25. The molecule has 0 unspecified atom stereocenters. The van der Waals surface area contributed by atoms with Crippen LogP contribution in [0.5, 0.6) is 0 Å². The van der Waals surface area contributed by atoms with Crippen LogP contribution in [-0.2, 0) is 10.0 Å². The molecule has 1 fully saturated rings. The van der Waals surface area contributed by atoms with E-state index in [4.69, 9.17) is 0 Å². The molecule has 1 saturated heterocycles. The van der Waals surface area contributed by atoms with Gasteiger partial charge in [0.05, 0.1) is 4.90 Å². The molecule has 2 aromatic carbocycles. The van der Waals surface area contributed by atoms with Crippen LogP contribution in [0.3, 0.4) is 0 Å². The Morgan fingerprint density at radius 2 is 1.62 bits per heavy atom. The van der Waals surface area contributed by atoms with Crippen LogP contribution in [0.2, 0.25) is 0 Å². The van der Waals surface area contributed by atoms with E-state index in [0.29, 0.717) is 12.1 Å². The molecule has 0 radical (unpaired) electrons. The van der Waals surface area contributed by atoms with Crippen molar-refractivity contribution in [2.75, 3.05) is 6.54 Å². The molecule has 3 rings (SSSR count). The third-order valence-electron chi connectivity index (χ3n) is 5.14. The molecule has 0 spiro atoms. The van der Waals surface area contributed by atoms with E-state index in [2.05, 4.69) is 10.9 Å². The van der Waals surface area contributed by atoms with Gasteiger partial charge in [0.2, 0.25) is 10.0 Å².